The number of anilines is 1. The van der Waals surface area contributed by atoms with E-state index in [2.05, 4.69) is 16.0 Å². The maximum absolute atomic E-state index is 12.8. The topological polar surface area (TPSA) is 79.5 Å². The van der Waals surface area contributed by atoms with Gasteiger partial charge in [0.05, 0.1) is 17.1 Å². The van der Waals surface area contributed by atoms with Gasteiger partial charge in [-0.1, -0.05) is 11.6 Å². The zero-order valence-corrected chi connectivity index (χ0v) is 13.8. The van der Waals surface area contributed by atoms with Crippen LogP contribution in [0.1, 0.15) is 18.4 Å². The fourth-order valence-corrected chi connectivity index (χ4v) is 2.49. The molecule has 0 bridgehead atoms. The average Bonchev–Trinajstić information content (AvgIpc) is 2.55. The van der Waals surface area contributed by atoms with Crippen LogP contribution in [0.2, 0.25) is 5.02 Å². The van der Waals surface area contributed by atoms with Gasteiger partial charge in [0.1, 0.15) is 0 Å². The number of ether oxygens (including phenoxy) is 1. The van der Waals surface area contributed by atoms with Gasteiger partial charge in [0.25, 0.3) is 0 Å². The summed E-state index contributed by atoms with van der Waals surface area (Å²) >= 11 is 5.51. The van der Waals surface area contributed by atoms with E-state index >= 15 is 0 Å². The van der Waals surface area contributed by atoms with Gasteiger partial charge in [0.2, 0.25) is 5.91 Å². The molecule has 0 aromatic heterocycles. The number of alkyl halides is 3. The molecule has 25 heavy (non-hydrogen) atoms. The average molecular weight is 380 g/mol. The molecule has 6 nitrogen and oxygen atoms in total. The van der Waals surface area contributed by atoms with Gasteiger partial charge in [0.15, 0.2) is 0 Å². The maximum atomic E-state index is 12.8. The van der Waals surface area contributed by atoms with E-state index < -0.39 is 28.7 Å². The molecule has 0 spiro atoms. The number of hydrogen-bond donors (Lipinski definition) is 3. The molecule has 2 rings (SSSR count). The van der Waals surface area contributed by atoms with E-state index in [1.54, 1.807) is 0 Å². The van der Waals surface area contributed by atoms with Crippen molar-refractivity contribution in [2.45, 2.75) is 25.1 Å². The third-order valence-corrected chi connectivity index (χ3v) is 3.85. The zero-order chi connectivity index (χ0) is 18.4. The normalized spacial score (nSPS) is 15.5. The molecular formula is C15H17ClF3N3O3. The summed E-state index contributed by atoms with van der Waals surface area (Å²) in [5, 5.41) is 6.88. The fourth-order valence-electron chi connectivity index (χ4n) is 2.26. The van der Waals surface area contributed by atoms with Gasteiger partial charge in [-0.25, -0.2) is 4.79 Å². The van der Waals surface area contributed by atoms with Gasteiger partial charge in [-0.3, -0.25) is 4.79 Å². The molecule has 1 heterocycles. The Kier molecular flexibility index (Phi) is 6.49. The number of urea groups is 1. The van der Waals surface area contributed by atoms with Crippen molar-refractivity contribution in [2.24, 2.45) is 0 Å². The van der Waals surface area contributed by atoms with E-state index in [1.807, 2.05) is 0 Å². The minimum Gasteiger partial charge on any atom is -0.381 e. The van der Waals surface area contributed by atoms with Crippen LogP contribution in [-0.4, -0.2) is 37.7 Å². The second kappa shape index (κ2) is 8.39. The lowest BCUT2D eigenvalue weighted by Gasteiger charge is -2.23. The molecule has 3 amide bonds. The van der Waals surface area contributed by atoms with Crippen LogP contribution in [-0.2, 0) is 15.7 Å². The molecule has 10 heteroatoms. The van der Waals surface area contributed by atoms with E-state index in [1.165, 1.54) is 6.07 Å². The quantitative estimate of drug-likeness (QED) is 0.752. The van der Waals surface area contributed by atoms with Gasteiger partial charge in [-0.2, -0.15) is 13.2 Å². The largest absolute Gasteiger partial charge is 0.417 e. The number of carbonyl (C=O) groups excluding carboxylic acids is 2. The van der Waals surface area contributed by atoms with Crippen LogP contribution in [0.4, 0.5) is 23.7 Å². The number of nitrogens with one attached hydrogen (secondary N) is 3. The van der Waals surface area contributed by atoms with Crippen molar-refractivity contribution in [3.63, 3.8) is 0 Å². The van der Waals surface area contributed by atoms with Crippen molar-refractivity contribution in [1.82, 2.24) is 10.6 Å². The predicted molar refractivity (Wildman–Crippen MR) is 85.5 cm³/mol. The Labute approximate surface area is 147 Å². The van der Waals surface area contributed by atoms with E-state index in [0.29, 0.717) is 26.1 Å². The minimum atomic E-state index is -4.63. The third-order valence-electron chi connectivity index (χ3n) is 3.52. The highest BCUT2D eigenvalue weighted by Gasteiger charge is 2.33. The van der Waals surface area contributed by atoms with Crippen molar-refractivity contribution in [3.8, 4) is 0 Å². The summed E-state index contributed by atoms with van der Waals surface area (Å²) < 4.78 is 43.5. The molecule has 0 saturated carbocycles. The van der Waals surface area contributed by atoms with Crippen LogP contribution in [0, 0.1) is 0 Å². The Morgan fingerprint density at radius 2 is 1.92 bits per heavy atom. The van der Waals surface area contributed by atoms with Crippen molar-refractivity contribution in [3.05, 3.63) is 28.8 Å². The summed E-state index contributed by atoms with van der Waals surface area (Å²) in [6.07, 6.45) is -3.26. The standard InChI is InChI=1S/C15H17ClF3N3O3/c16-12-2-1-10(7-11(12)15(17,18)19)21-13(23)8-20-14(24)22-9-3-5-25-6-4-9/h1-2,7,9H,3-6,8H2,(H,21,23)(H2,20,22,24). The SMILES string of the molecule is O=C(CNC(=O)NC1CCOCC1)Nc1ccc(Cl)c(C(F)(F)F)c1. The molecule has 3 N–H and O–H groups in total. The van der Waals surface area contributed by atoms with E-state index in [4.69, 9.17) is 16.3 Å². The van der Waals surface area contributed by atoms with Gasteiger partial charge in [0, 0.05) is 24.9 Å². The summed E-state index contributed by atoms with van der Waals surface area (Å²) in [6.45, 7) is 0.742. The second-order valence-electron chi connectivity index (χ2n) is 5.45. The molecule has 1 aromatic rings. The molecule has 1 saturated heterocycles. The smallest absolute Gasteiger partial charge is 0.381 e. The van der Waals surface area contributed by atoms with Crippen LogP contribution in [0.25, 0.3) is 0 Å². The van der Waals surface area contributed by atoms with Crippen LogP contribution in [0.15, 0.2) is 18.2 Å². The number of halogens is 4. The number of rotatable bonds is 4. The van der Waals surface area contributed by atoms with Gasteiger partial charge >= 0.3 is 12.2 Å². The van der Waals surface area contributed by atoms with Gasteiger partial charge in [-0.15, -0.1) is 0 Å². The highest BCUT2D eigenvalue weighted by molar-refractivity contribution is 6.31. The number of carbonyl (C=O) groups is 2. The first-order chi connectivity index (χ1) is 11.8. The number of benzene rings is 1. The molecule has 1 aromatic carbocycles. The molecule has 1 aliphatic rings. The molecule has 0 aliphatic carbocycles. The summed E-state index contributed by atoms with van der Waals surface area (Å²) in [4.78, 5) is 23.5. The van der Waals surface area contributed by atoms with Crippen LogP contribution in [0.3, 0.4) is 0 Å². The van der Waals surface area contributed by atoms with Crippen LogP contribution < -0.4 is 16.0 Å². The minimum absolute atomic E-state index is 0.0255. The maximum Gasteiger partial charge on any atom is 0.417 e. The summed E-state index contributed by atoms with van der Waals surface area (Å²) in [5.41, 5.74) is -1.11. The molecular weight excluding hydrogens is 363 g/mol. The Hall–Kier alpha value is -2.00. The highest BCUT2D eigenvalue weighted by Crippen LogP contribution is 2.36. The van der Waals surface area contributed by atoms with Crippen LogP contribution >= 0.6 is 11.6 Å². The molecule has 1 fully saturated rings. The lowest BCUT2D eigenvalue weighted by atomic mass is 10.1. The molecule has 0 radical (unpaired) electrons. The Balaban J connectivity index is 1.83. The van der Waals surface area contributed by atoms with Crippen molar-refractivity contribution < 1.29 is 27.5 Å². The fraction of sp³-hybridized carbons (Fsp3) is 0.467. The summed E-state index contributed by atoms with van der Waals surface area (Å²) in [6, 6.07) is 2.49. The third kappa shape index (κ3) is 6.09. The van der Waals surface area contributed by atoms with E-state index in [9.17, 15) is 22.8 Å². The van der Waals surface area contributed by atoms with Crippen LogP contribution in [0.5, 0.6) is 0 Å². The first kappa shape index (κ1) is 19.3. The Bertz CT molecular complexity index is 634. The monoisotopic (exact) mass is 379 g/mol. The van der Waals surface area contributed by atoms with E-state index in [0.717, 1.165) is 12.1 Å². The van der Waals surface area contributed by atoms with E-state index in [-0.39, 0.29) is 18.3 Å². The number of amides is 3. The summed E-state index contributed by atoms with van der Waals surface area (Å²) in [7, 11) is 0. The first-order valence-corrected chi connectivity index (χ1v) is 7.92. The lowest BCUT2D eigenvalue weighted by molar-refractivity contribution is -0.137. The molecule has 1 aliphatic heterocycles. The predicted octanol–water partition coefficient (Wildman–Crippen LogP) is 2.78. The zero-order valence-electron chi connectivity index (χ0n) is 13.1. The Morgan fingerprint density at radius 3 is 2.56 bits per heavy atom. The molecule has 138 valence electrons. The van der Waals surface area contributed by atoms with Crippen molar-refractivity contribution in [2.75, 3.05) is 25.1 Å². The van der Waals surface area contributed by atoms with Gasteiger partial charge < -0.3 is 20.7 Å². The van der Waals surface area contributed by atoms with Gasteiger partial charge in [-0.05, 0) is 31.0 Å². The second-order valence-corrected chi connectivity index (χ2v) is 5.86. The Morgan fingerprint density at radius 1 is 1.24 bits per heavy atom. The highest BCUT2D eigenvalue weighted by atomic mass is 35.5. The summed E-state index contributed by atoms with van der Waals surface area (Å²) in [5.74, 6) is -0.655. The van der Waals surface area contributed by atoms with Crippen molar-refractivity contribution in [1.29, 1.82) is 0 Å². The first-order valence-electron chi connectivity index (χ1n) is 7.54. The van der Waals surface area contributed by atoms with Crippen molar-refractivity contribution >= 4 is 29.2 Å². The lowest BCUT2D eigenvalue weighted by Crippen LogP contribution is -2.46. The molecule has 0 unspecified atom stereocenters. The number of hydrogen-bond acceptors (Lipinski definition) is 3. The molecule has 0 atom stereocenters.